The molecule has 0 aromatic carbocycles. The number of anilines is 1. The second-order valence-corrected chi connectivity index (χ2v) is 7.14. The Kier molecular flexibility index (Phi) is 5.33. The minimum Gasteiger partial charge on any atom is -0.387 e. The number of carbonyl (C=O) groups is 1. The molecule has 4 rings (SSSR count). The average molecular weight is 404 g/mol. The largest absolute Gasteiger partial charge is 0.387 e. The lowest BCUT2D eigenvalue weighted by atomic mass is 10.0. The zero-order chi connectivity index (χ0) is 21.3. The van der Waals surface area contributed by atoms with Crippen LogP contribution in [0.25, 0.3) is 27.7 Å². The number of hydrogen-bond donors (Lipinski definition) is 3. The van der Waals surface area contributed by atoms with Gasteiger partial charge in [-0.05, 0) is 38.0 Å². The van der Waals surface area contributed by atoms with Crippen LogP contribution in [0.15, 0.2) is 43.0 Å². The molecule has 4 aromatic heterocycles. The van der Waals surface area contributed by atoms with Crippen LogP contribution in [-0.4, -0.2) is 37.0 Å². The Morgan fingerprint density at radius 3 is 2.70 bits per heavy atom. The van der Waals surface area contributed by atoms with Crippen molar-refractivity contribution in [2.45, 2.75) is 33.3 Å². The molecule has 0 saturated heterocycles. The summed E-state index contributed by atoms with van der Waals surface area (Å²) in [7, 11) is 0. The first-order chi connectivity index (χ1) is 14.5. The molecule has 4 heterocycles. The lowest BCUT2D eigenvalue weighted by molar-refractivity contribution is 0.169. The van der Waals surface area contributed by atoms with Crippen molar-refractivity contribution in [3.63, 3.8) is 0 Å². The first kappa shape index (κ1) is 19.8. The van der Waals surface area contributed by atoms with Gasteiger partial charge in [-0.2, -0.15) is 0 Å². The van der Waals surface area contributed by atoms with Crippen LogP contribution >= 0.6 is 0 Å². The summed E-state index contributed by atoms with van der Waals surface area (Å²) in [4.78, 5) is 25.2. The van der Waals surface area contributed by atoms with Gasteiger partial charge in [0.1, 0.15) is 11.5 Å². The van der Waals surface area contributed by atoms with Gasteiger partial charge in [-0.1, -0.05) is 6.92 Å². The number of urea groups is 1. The van der Waals surface area contributed by atoms with Crippen LogP contribution in [0.2, 0.25) is 0 Å². The van der Waals surface area contributed by atoms with Crippen molar-refractivity contribution in [2.24, 2.45) is 0 Å². The quantitative estimate of drug-likeness (QED) is 0.469. The van der Waals surface area contributed by atoms with Gasteiger partial charge < -0.3 is 10.4 Å². The van der Waals surface area contributed by atoms with Crippen molar-refractivity contribution in [3.05, 3.63) is 54.2 Å². The Hall–Kier alpha value is -3.52. The Balaban J connectivity index is 1.82. The summed E-state index contributed by atoms with van der Waals surface area (Å²) >= 11 is 0. The molecule has 2 amide bonds. The van der Waals surface area contributed by atoms with Crippen molar-refractivity contribution in [3.8, 4) is 11.1 Å². The zero-order valence-electron chi connectivity index (χ0n) is 17.2. The van der Waals surface area contributed by atoms with Gasteiger partial charge in [-0.15, -0.1) is 0 Å². The van der Waals surface area contributed by atoms with Crippen LogP contribution < -0.4 is 10.6 Å². The number of nitrogens with zero attached hydrogens (tertiary/aromatic N) is 4. The van der Waals surface area contributed by atoms with Crippen molar-refractivity contribution < 1.29 is 9.90 Å². The number of imidazole rings is 1. The lowest BCUT2D eigenvalue weighted by Gasteiger charge is -2.14. The van der Waals surface area contributed by atoms with E-state index in [1.54, 1.807) is 18.6 Å². The third kappa shape index (κ3) is 3.57. The van der Waals surface area contributed by atoms with E-state index in [2.05, 4.69) is 25.6 Å². The van der Waals surface area contributed by atoms with E-state index in [-0.39, 0.29) is 6.03 Å². The number of carbonyl (C=O) groups excluding carboxylic acids is 1. The standard InChI is InChI=1S/C22H24N6O2/c1-4-19(29)17-8-13(3)16(12-25-17)15-9-14-11-26-20(27-22(30)23-5-2)10-18(14)28-7-6-24-21(15)28/h6-12,19,29H,4-5H2,1-3H3,(H2,23,26,27,30)/t19-/m0/s1. The molecule has 154 valence electrons. The van der Waals surface area contributed by atoms with E-state index < -0.39 is 6.10 Å². The number of nitrogens with one attached hydrogen (secondary N) is 2. The Bertz CT molecular complexity index is 1230. The SMILES string of the molecule is CCNC(=O)Nc1cc2c(cn1)cc(-c1cnc([C@@H](O)CC)cc1C)c1nccn12. The lowest BCUT2D eigenvalue weighted by Crippen LogP contribution is -2.28. The summed E-state index contributed by atoms with van der Waals surface area (Å²) in [6.07, 6.45) is 7.20. The van der Waals surface area contributed by atoms with Crippen LogP contribution in [0.3, 0.4) is 0 Å². The normalized spacial score (nSPS) is 12.3. The highest BCUT2D eigenvalue weighted by atomic mass is 16.3. The van der Waals surface area contributed by atoms with E-state index in [0.29, 0.717) is 24.5 Å². The van der Waals surface area contributed by atoms with Gasteiger partial charge in [0.2, 0.25) is 0 Å². The predicted molar refractivity (Wildman–Crippen MR) is 116 cm³/mol. The monoisotopic (exact) mass is 404 g/mol. The maximum atomic E-state index is 11.8. The molecule has 0 aliphatic carbocycles. The number of amides is 2. The highest BCUT2D eigenvalue weighted by Crippen LogP contribution is 2.32. The second kappa shape index (κ2) is 8.08. The van der Waals surface area contributed by atoms with Crippen LogP contribution in [0, 0.1) is 6.92 Å². The number of aliphatic hydroxyl groups excluding tert-OH is 1. The molecule has 0 bridgehead atoms. The van der Waals surface area contributed by atoms with Gasteiger partial charge >= 0.3 is 6.03 Å². The summed E-state index contributed by atoms with van der Waals surface area (Å²) < 4.78 is 1.98. The molecule has 4 aromatic rings. The van der Waals surface area contributed by atoms with Gasteiger partial charge in [0.25, 0.3) is 0 Å². The van der Waals surface area contributed by atoms with E-state index in [1.807, 2.05) is 49.6 Å². The summed E-state index contributed by atoms with van der Waals surface area (Å²) in [6.45, 7) is 6.32. The molecule has 0 spiro atoms. The maximum absolute atomic E-state index is 11.8. The van der Waals surface area contributed by atoms with Gasteiger partial charge in [0.05, 0.1) is 17.3 Å². The predicted octanol–water partition coefficient (Wildman–Crippen LogP) is 3.84. The van der Waals surface area contributed by atoms with Gasteiger partial charge in [-0.25, -0.2) is 14.8 Å². The third-order valence-electron chi connectivity index (χ3n) is 5.08. The molecule has 8 heteroatoms. The van der Waals surface area contributed by atoms with Crippen molar-refractivity contribution in [2.75, 3.05) is 11.9 Å². The summed E-state index contributed by atoms with van der Waals surface area (Å²) in [6, 6.07) is 5.49. The first-order valence-corrected chi connectivity index (χ1v) is 9.97. The molecule has 0 unspecified atom stereocenters. The van der Waals surface area contributed by atoms with Gasteiger partial charge in [-0.3, -0.25) is 14.7 Å². The van der Waals surface area contributed by atoms with Crippen molar-refractivity contribution in [1.82, 2.24) is 24.7 Å². The van der Waals surface area contributed by atoms with Crippen molar-refractivity contribution in [1.29, 1.82) is 0 Å². The van der Waals surface area contributed by atoms with Gasteiger partial charge in [0, 0.05) is 53.9 Å². The van der Waals surface area contributed by atoms with Crippen LogP contribution in [0.1, 0.15) is 37.6 Å². The smallest absolute Gasteiger partial charge is 0.320 e. The Morgan fingerprint density at radius 2 is 1.97 bits per heavy atom. The van der Waals surface area contributed by atoms with Crippen LogP contribution in [0.4, 0.5) is 10.6 Å². The van der Waals surface area contributed by atoms with Gasteiger partial charge in [0.15, 0.2) is 0 Å². The molecule has 8 nitrogen and oxygen atoms in total. The number of rotatable bonds is 5. The number of aliphatic hydroxyl groups is 1. The number of aromatic nitrogens is 4. The summed E-state index contributed by atoms with van der Waals surface area (Å²) in [5.41, 5.74) is 5.23. The molecule has 0 saturated carbocycles. The fraction of sp³-hybridized carbons (Fsp3) is 0.273. The third-order valence-corrected chi connectivity index (χ3v) is 5.08. The topological polar surface area (TPSA) is 104 Å². The first-order valence-electron chi connectivity index (χ1n) is 9.97. The van der Waals surface area contributed by atoms with Crippen LogP contribution in [-0.2, 0) is 0 Å². The molecule has 30 heavy (non-hydrogen) atoms. The summed E-state index contributed by atoms with van der Waals surface area (Å²) in [5, 5.41) is 16.4. The summed E-state index contributed by atoms with van der Waals surface area (Å²) in [5.74, 6) is 0.465. The maximum Gasteiger partial charge on any atom is 0.320 e. The fourth-order valence-corrected chi connectivity index (χ4v) is 3.53. The van der Waals surface area contributed by atoms with E-state index in [4.69, 9.17) is 0 Å². The van der Waals surface area contributed by atoms with E-state index in [9.17, 15) is 9.90 Å². The minimum atomic E-state index is -0.569. The molecule has 0 aliphatic rings. The van der Waals surface area contributed by atoms with E-state index in [0.717, 1.165) is 33.2 Å². The molecule has 0 radical (unpaired) electrons. The molecule has 3 N–H and O–H groups in total. The number of pyridine rings is 3. The minimum absolute atomic E-state index is 0.293. The Labute approximate surface area is 174 Å². The second-order valence-electron chi connectivity index (χ2n) is 7.14. The van der Waals surface area contributed by atoms with Crippen molar-refractivity contribution >= 4 is 28.4 Å². The van der Waals surface area contributed by atoms with E-state index >= 15 is 0 Å². The van der Waals surface area contributed by atoms with Crippen LogP contribution in [0.5, 0.6) is 0 Å². The Morgan fingerprint density at radius 1 is 1.13 bits per heavy atom. The average Bonchev–Trinajstić information content (AvgIpc) is 3.23. The zero-order valence-corrected chi connectivity index (χ0v) is 17.2. The highest BCUT2D eigenvalue weighted by Gasteiger charge is 2.15. The fourth-order valence-electron chi connectivity index (χ4n) is 3.53. The number of hydrogen-bond acceptors (Lipinski definition) is 5. The van der Waals surface area contributed by atoms with E-state index in [1.165, 1.54) is 0 Å². The molecule has 1 atom stereocenters. The molecular formula is C22H24N6O2. The molecule has 0 fully saturated rings. The highest BCUT2D eigenvalue weighted by molar-refractivity contribution is 5.95. The number of fused-ring (bicyclic) bond motifs is 3. The number of aryl methyl sites for hydroxylation is 1. The molecule has 0 aliphatic heterocycles. The molecular weight excluding hydrogens is 380 g/mol.